The van der Waals surface area contributed by atoms with Crippen molar-refractivity contribution in [3.8, 4) is 0 Å². The van der Waals surface area contributed by atoms with Crippen molar-refractivity contribution in [2.24, 2.45) is 0 Å². The summed E-state index contributed by atoms with van der Waals surface area (Å²) in [6.45, 7) is 3.98. The first-order chi connectivity index (χ1) is 7.31. The van der Waals surface area contributed by atoms with Crippen LogP contribution in [0.25, 0.3) is 5.70 Å². The molecule has 0 amide bonds. The number of aromatic nitrogens is 1. The van der Waals surface area contributed by atoms with E-state index in [1.807, 2.05) is 18.3 Å². The van der Waals surface area contributed by atoms with E-state index < -0.39 is 0 Å². The van der Waals surface area contributed by atoms with Gasteiger partial charge in [0.15, 0.2) is 0 Å². The molecule has 0 unspecified atom stereocenters. The van der Waals surface area contributed by atoms with Gasteiger partial charge in [-0.05, 0) is 19.1 Å². The zero-order valence-electron chi connectivity index (χ0n) is 8.69. The maximum Gasteiger partial charge on any atom is 0.332 e. The molecular formula is C11H14N2O2. The van der Waals surface area contributed by atoms with E-state index in [1.54, 1.807) is 6.92 Å². The van der Waals surface area contributed by atoms with Crippen molar-refractivity contribution >= 4 is 11.7 Å². The number of hydrogen-bond donors (Lipinski definition) is 1. The molecule has 0 saturated carbocycles. The van der Waals surface area contributed by atoms with Crippen molar-refractivity contribution in [3.05, 3.63) is 30.1 Å². The van der Waals surface area contributed by atoms with Crippen LogP contribution in [0.1, 0.15) is 12.6 Å². The fourth-order valence-corrected chi connectivity index (χ4v) is 1.68. The van der Waals surface area contributed by atoms with Gasteiger partial charge in [0.05, 0.1) is 18.0 Å². The second kappa shape index (κ2) is 4.21. The minimum Gasteiger partial charge on any atom is -0.463 e. The van der Waals surface area contributed by atoms with E-state index in [-0.39, 0.29) is 5.97 Å². The van der Waals surface area contributed by atoms with E-state index in [1.165, 1.54) is 6.08 Å². The van der Waals surface area contributed by atoms with Crippen LogP contribution in [0.3, 0.4) is 0 Å². The van der Waals surface area contributed by atoms with Gasteiger partial charge >= 0.3 is 5.97 Å². The van der Waals surface area contributed by atoms with Crippen LogP contribution in [0.4, 0.5) is 0 Å². The standard InChI is InChI=1S/C11H14N2O2/c1-2-15-11(14)8-9-10-4-3-6-13(10)7-5-12-9/h3-4,6,8,12H,2,5,7H2,1H3/b9-8+. The number of esters is 1. The summed E-state index contributed by atoms with van der Waals surface area (Å²) in [6, 6.07) is 3.96. The Balaban J connectivity index is 2.22. The molecule has 0 aromatic carbocycles. The van der Waals surface area contributed by atoms with E-state index in [0.29, 0.717) is 6.61 Å². The van der Waals surface area contributed by atoms with E-state index in [9.17, 15) is 4.79 Å². The van der Waals surface area contributed by atoms with Gasteiger partial charge in [0.2, 0.25) is 0 Å². The molecule has 2 rings (SSSR count). The largest absolute Gasteiger partial charge is 0.463 e. The highest BCUT2D eigenvalue weighted by Gasteiger charge is 2.13. The van der Waals surface area contributed by atoms with Gasteiger partial charge < -0.3 is 14.6 Å². The predicted molar refractivity (Wildman–Crippen MR) is 57.0 cm³/mol. The van der Waals surface area contributed by atoms with E-state index in [4.69, 9.17) is 4.74 Å². The number of fused-ring (bicyclic) bond motifs is 1. The van der Waals surface area contributed by atoms with Gasteiger partial charge in [-0.2, -0.15) is 0 Å². The first-order valence-electron chi connectivity index (χ1n) is 5.09. The fourth-order valence-electron chi connectivity index (χ4n) is 1.68. The van der Waals surface area contributed by atoms with Crippen LogP contribution < -0.4 is 5.32 Å². The number of carbonyl (C=O) groups excluding carboxylic acids is 1. The summed E-state index contributed by atoms with van der Waals surface area (Å²) < 4.78 is 6.98. The molecule has 1 aromatic rings. The molecule has 0 fully saturated rings. The number of hydrogen-bond acceptors (Lipinski definition) is 3. The Morgan fingerprint density at radius 3 is 3.40 bits per heavy atom. The minimum atomic E-state index is -0.297. The lowest BCUT2D eigenvalue weighted by atomic mass is 10.2. The molecule has 4 nitrogen and oxygen atoms in total. The Kier molecular flexibility index (Phi) is 2.76. The van der Waals surface area contributed by atoms with Gasteiger partial charge in [0.1, 0.15) is 0 Å². The number of ether oxygens (including phenoxy) is 1. The highest BCUT2D eigenvalue weighted by atomic mass is 16.5. The summed E-state index contributed by atoms with van der Waals surface area (Å²) in [5.74, 6) is -0.297. The molecular weight excluding hydrogens is 192 g/mol. The molecule has 1 aromatic heterocycles. The Labute approximate surface area is 88.5 Å². The van der Waals surface area contributed by atoms with Crippen LogP contribution >= 0.6 is 0 Å². The third kappa shape index (κ3) is 2.03. The van der Waals surface area contributed by atoms with Crippen LogP contribution in [0, 0.1) is 0 Å². The van der Waals surface area contributed by atoms with Crippen LogP contribution in [0.15, 0.2) is 24.4 Å². The summed E-state index contributed by atoms with van der Waals surface area (Å²) >= 11 is 0. The smallest absolute Gasteiger partial charge is 0.332 e. The molecule has 0 bridgehead atoms. The first-order valence-corrected chi connectivity index (χ1v) is 5.09. The number of rotatable bonds is 2. The van der Waals surface area contributed by atoms with Gasteiger partial charge in [-0.1, -0.05) is 0 Å². The number of nitrogens with one attached hydrogen (secondary N) is 1. The quantitative estimate of drug-likeness (QED) is 0.579. The lowest BCUT2D eigenvalue weighted by molar-refractivity contribution is -0.137. The second-order valence-electron chi connectivity index (χ2n) is 3.32. The SMILES string of the molecule is CCOC(=O)/C=C1/NCCn2cccc21. The highest BCUT2D eigenvalue weighted by molar-refractivity contribution is 5.90. The lowest BCUT2D eigenvalue weighted by Crippen LogP contribution is -2.27. The fraction of sp³-hybridized carbons (Fsp3) is 0.364. The molecule has 1 aliphatic heterocycles. The van der Waals surface area contributed by atoms with E-state index in [0.717, 1.165) is 24.5 Å². The first kappa shape index (κ1) is 9.83. The Bertz CT molecular complexity index is 393. The van der Waals surface area contributed by atoms with Crippen LogP contribution in [-0.2, 0) is 16.1 Å². The minimum absolute atomic E-state index is 0.297. The maximum atomic E-state index is 11.3. The number of nitrogens with zero attached hydrogens (tertiary/aromatic N) is 1. The maximum absolute atomic E-state index is 11.3. The Morgan fingerprint density at radius 1 is 1.73 bits per heavy atom. The van der Waals surface area contributed by atoms with Gasteiger partial charge in [-0.15, -0.1) is 0 Å². The average Bonchev–Trinajstić information content (AvgIpc) is 2.67. The second-order valence-corrected chi connectivity index (χ2v) is 3.32. The van der Waals surface area contributed by atoms with Crippen molar-refractivity contribution in [3.63, 3.8) is 0 Å². The topological polar surface area (TPSA) is 43.3 Å². The predicted octanol–water partition coefficient (Wildman–Crippen LogP) is 0.995. The van der Waals surface area contributed by atoms with E-state index in [2.05, 4.69) is 9.88 Å². The summed E-state index contributed by atoms with van der Waals surface area (Å²) in [6.07, 6.45) is 3.52. The molecule has 15 heavy (non-hydrogen) atoms. The van der Waals surface area contributed by atoms with Crippen LogP contribution in [-0.4, -0.2) is 23.7 Å². The average molecular weight is 206 g/mol. The molecule has 0 radical (unpaired) electrons. The van der Waals surface area contributed by atoms with Crippen LogP contribution in [0.2, 0.25) is 0 Å². The van der Waals surface area contributed by atoms with Crippen molar-refractivity contribution in [2.45, 2.75) is 13.5 Å². The van der Waals surface area contributed by atoms with Gasteiger partial charge in [0, 0.05) is 25.4 Å². The third-order valence-electron chi connectivity index (χ3n) is 2.32. The zero-order chi connectivity index (χ0) is 10.7. The molecule has 2 heterocycles. The van der Waals surface area contributed by atoms with Crippen molar-refractivity contribution in [2.75, 3.05) is 13.2 Å². The lowest BCUT2D eigenvalue weighted by Gasteiger charge is -2.20. The summed E-state index contributed by atoms with van der Waals surface area (Å²) in [5.41, 5.74) is 1.87. The normalized spacial score (nSPS) is 17.0. The molecule has 0 saturated heterocycles. The third-order valence-corrected chi connectivity index (χ3v) is 2.32. The zero-order valence-corrected chi connectivity index (χ0v) is 8.69. The van der Waals surface area contributed by atoms with E-state index >= 15 is 0 Å². The molecule has 1 N–H and O–H groups in total. The van der Waals surface area contributed by atoms with Crippen LogP contribution in [0.5, 0.6) is 0 Å². The molecule has 0 atom stereocenters. The van der Waals surface area contributed by atoms with Gasteiger partial charge in [0.25, 0.3) is 0 Å². The summed E-state index contributed by atoms with van der Waals surface area (Å²) in [5, 5.41) is 3.19. The Morgan fingerprint density at radius 2 is 2.60 bits per heavy atom. The van der Waals surface area contributed by atoms with Crippen molar-refractivity contribution < 1.29 is 9.53 Å². The molecule has 1 aliphatic rings. The van der Waals surface area contributed by atoms with Crippen molar-refractivity contribution in [1.82, 2.24) is 9.88 Å². The van der Waals surface area contributed by atoms with Gasteiger partial charge in [-0.3, -0.25) is 0 Å². The molecule has 0 spiro atoms. The molecule has 4 heteroatoms. The monoisotopic (exact) mass is 206 g/mol. The van der Waals surface area contributed by atoms with Gasteiger partial charge in [-0.25, -0.2) is 4.79 Å². The number of carbonyl (C=O) groups is 1. The molecule has 0 aliphatic carbocycles. The summed E-state index contributed by atoms with van der Waals surface area (Å²) in [7, 11) is 0. The Hall–Kier alpha value is -1.71. The molecule has 80 valence electrons. The highest BCUT2D eigenvalue weighted by Crippen LogP contribution is 2.16. The summed E-state index contributed by atoms with van der Waals surface area (Å²) in [4.78, 5) is 11.3. The van der Waals surface area contributed by atoms with Crippen molar-refractivity contribution in [1.29, 1.82) is 0 Å².